The van der Waals surface area contributed by atoms with E-state index in [9.17, 15) is 9.50 Å². The lowest BCUT2D eigenvalue weighted by molar-refractivity contribution is 0.283. The van der Waals surface area contributed by atoms with Crippen LogP contribution in [0.2, 0.25) is 0 Å². The van der Waals surface area contributed by atoms with Crippen molar-refractivity contribution in [2.75, 3.05) is 13.2 Å². The number of rotatable bonds is 5. The topological polar surface area (TPSA) is 52.5 Å². The fraction of sp³-hybridized carbons (Fsp3) is 0.455. The van der Waals surface area contributed by atoms with Crippen molar-refractivity contribution in [2.24, 2.45) is 0 Å². The van der Waals surface area contributed by atoms with E-state index in [-0.39, 0.29) is 18.4 Å². The van der Waals surface area contributed by atoms with Crippen LogP contribution in [0.15, 0.2) is 18.2 Å². The van der Waals surface area contributed by atoms with Crippen LogP contribution in [-0.2, 0) is 0 Å². The standard InChI is InChI=1S/C11H16FNO2/c1-8(13-5-2-6-14)10-4-3-9(12)7-11(10)15/h3-4,7-8,13-15H,2,5-6H2,1H3. The van der Waals surface area contributed by atoms with Gasteiger partial charge in [0.2, 0.25) is 0 Å². The summed E-state index contributed by atoms with van der Waals surface area (Å²) >= 11 is 0. The van der Waals surface area contributed by atoms with Crippen LogP contribution < -0.4 is 5.32 Å². The van der Waals surface area contributed by atoms with Crippen LogP contribution in [0, 0.1) is 5.82 Å². The summed E-state index contributed by atoms with van der Waals surface area (Å²) in [5, 5.41) is 21.2. The molecule has 0 saturated carbocycles. The molecular formula is C11H16FNO2. The molecule has 0 aliphatic rings. The smallest absolute Gasteiger partial charge is 0.126 e. The largest absolute Gasteiger partial charge is 0.508 e. The van der Waals surface area contributed by atoms with E-state index < -0.39 is 5.82 Å². The van der Waals surface area contributed by atoms with Crippen LogP contribution in [0.1, 0.15) is 24.9 Å². The molecule has 0 aliphatic heterocycles. The van der Waals surface area contributed by atoms with Gasteiger partial charge in [-0.25, -0.2) is 4.39 Å². The maximum Gasteiger partial charge on any atom is 0.126 e. The van der Waals surface area contributed by atoms with Crippen molar-refractivity contribution in [3.63, 3.8) is 0 Å². The Labute approximate surface area is 88.6 Å². The van der Waals surface area contributed by atoms with Crippen LogP contribution in [0.3, 0.4) is 0 Å². The third kappa shape index (κ3) is 3.49. The van der Waals surface area contributed by atoms with Crippen molar-refractivity contribution in [3.8, 4) is 5.75 Å². The third-order valence-corrected chi connectivity index (χ3v) is 2.24. The van der Waals surface area contributed by atoms with Crippen LogP contribution in [0.5, 0.6) is 5.75 Å². The second-order valence-corrected chi connectivity index (χ2v) is 3.46. The van der Waals surface area contributed by atoms with Gasteiger partial charge in [0, 0.05) is 24.3 Å². The molecule has 1 unspecified atom stereocenters. The molecule has 0 amide bonds. The number of hydrogen-bond acceptors (Lipinski definition) is 3. The summed E-state index contributed by atoms with van der Waals surface area (Å²) in [5.41, 5.74) is 0.661. The summed E-state index contributed by atoms with van der Waals surface area (Å²) in [4.78, 5) is 0. The molecule has 0 fully saturated rings. The predicted molar refractivity (Wildman–Crippen MR) is 56.2 cm³/mol. The van der Waals surface area contributed by atoms with Gasteiger partial charge in [0.15, 0.2) is 0 Å². The first-order valence-corrected chi connectivity index (χ1v) is 4.98. The van der Waals surface area contributed by atoms with Gasteiger partial charge in [0.1, 0.15) is 11.6 Å². The Kier molecular flexibility index (Phi) is 4.52. The highest BCUT2D eigenvalue weighted by molar-refractivity contribution is 5.34. The van der Waals surface area contributed by atoms with Gasteiger partial charge in [-0.05, 0) is 26.0 Å². The van der Waals surface area contributed by atoms with Crippen molar-refractivity contribution in [2.45, 2.75) is 19.4 Å². The molecule has 0 aliphatic carbocycles. The predicted octanol–water partition coefficient (Wildman–Crippen LogP) is 1.56. The molecule has 0 aromatic heterocycles. The third-order valence-electron chi connectivity index (χ3n) is 2.24. The number of hydrogen-bond donors (Lipinski definition) is 3. The lowest BCUT2D eigenvalue weighted by atomic mass is 10.1. The van der Waals surface area contributed by atoms with Gasteiger partial charge in [0.05, 0.1) is 0 Å². The molecular weight excluding hydrogens is 197 g/mol. The fourth-order valence-corrected chi connectivity index (χ4v) is 1.39. The first kappa shape index (κ1) is 11.9. The molecule has 0 spiro atoms. The molecule has 1 rings (SSSR count). The Morgan fingerprint density at radius 2 is 2.20 bits per heavy atom. The van der Waals surface area contributed by atoms with Gasteiger partial charge in [-0.15, -0.1) is 0 Å². The van der Waals surface area contributed by atoms with Crippen molar-refractivity contribution < 1.29 is 14.6 Å². The molecule has 3 N–H and O–H groups in total. The van der Waals surface area contributed by atoms with Crippen LogP contribution in [-0.4, -0.2) is 23.4 Å². The Hall–Kier alpha value is -1.13. The fourth-order valence-electron chi connectivity index (χ4n) is 1.39. The maximum atomic E-state index is 12.7. The molecule has 1 atom stereocenters. The average molecular weight is 213 g/mol. The van der Waals surface area contributed by atoms with E-state index in [4.69, 9.17) is 5.11 Å². The summed E-state index contributed by atoms with van der Waals surface area (Å²) in [5.74, 6) is -0.488. The Morgan fingerprint density at radius 3 is 2.80 bits per heavy atom. The van der Waals surface area contributed by atoms with E-state index in [0.29, 0.717) is 18.5 Å². The van der Waals surface area contributed by atoms with Crippen molar-refractivity contribution in [3.05, 3.63) is 29.6 Å². The summed E-state index contributed by atoms with van der Waals surface area (Å²) in [7, 11) is 0. The second kappa shape index (κ2) is 5.68. The summed E-state index contributed by atoms with van der Waals surface area (Å²) in [6.45, 7) is 2.67. The number of phenolic OH excluding ortho intramolecular Hbond substituents is 1. The first-order chi connectivity index (χ1) is 7.15. The molecule has 0 heterocycles. The van der Waals surface area contributed by atoms with Gasteiger partial charge in [-0.3, -0.25) is 0 Å². The van der Waals surface area contributed by atoms with Crippen molar-refractivity contribution in [1.82, 2.24) is 5.32 Å². The van der Waals surface area contributed by atoms with Crippen molar-refractivity contribution in [1.29, 1.82) is 0 Å². The summed E-state index contributed by atoms with van der Waals surface area (Å²) in [6, 6.07) is 3.91. The number of benzene rings is 1. The SMILES string of the molecule is CC(NCCCO)c1ccc(F)cc1O. The number of phenols is 1. The molecule has 0 bridgehead atoms. The second-order valence-electron chi connectivity index (χ2n) is 3.46. The minimum Gasteiger partial charge on any atom is -0.508 e. The van der Waals surface area contributed by atoms with E-state index in [2.05, 4.69) is 5.32 Å². The Balaban J connectivity index is 2.61. The van der Waals surface area contributed by atoms with E-state index in [1.807, 2.05) is 6.92 Å². The zero-order valence-electron chi connectivity index (χ0n) is 8.70. The molecule has 84 valence electrons. The minimum atomic E-state index is -0.446. The summed E-state index contributed by atoms with van der Waals surface area (Å²) < 4.78 is 12.7. The van der Waals surface area contributed by atoms with Gasteiger partial charge < -0.3 is 15.5 Å². The van der Waals surface area contributed by atoms with E-state index in [1.54, 1.807) is 6.07 Å². The van der Waals surface area contributed by atoms with Crippen LogP contribution in [0.25, 0.3) is 0 Å². The number of aliphatic hydroxyl groups excluding tert-OH is 1. The Bertz CT molecular complexity index is 317. The van der Waals surface area contributed by atoms with Gasteiger partial charge >= 0.3 is 0 Å². The number of aromatic hydroxyl groups is 1. The van der Waals surface area contributed by atoms with Crippen LogP contribution in [0.4, 0.5) is 4.39 Å². The Morgan fingerprint density at radius 1 is 1.47 bits per heavy atom. The molecule has 0 radical (unpaired) electrons. The van der Waals surface area contributed by atoms with E-state index >= 15 is 0 Å². The van der Waals surface area contributed by atoms with Crippen LogP contribution >= 0.6 is 0 Å². The van der Waals surface area contributed by atoms with Gasteiger partial charge in [-0.1, -0.05) is 6.07 Å². The lowest BCUT2D eigenvalue weighted by Gasteiger charge is -2.15. The molecule has 15 heavy (non-hydrogen) atoms. The number of aliphatic hydroxyl groups is 1. The first-order valence-electron chi connectivity index (χ1n) is 4.98. The van der Waals surface area contributed by atoms with E-state index in [1.165, 1.54) is 6.07 Å². The normalized spacial score (nSPS) is 12.7. The molecule has 3 nitrogen and oxygen atoms in total. The highest BCUT2D eigenvalue weighted by atomic mass is 19.1. The number of nitrogens with one attached hydrogen (secondary N) is 1. The van der Waals surface area contributed by atoms with Crippen molar-refractivity contribution >= 4 is 0 Å². The minimum absolute atomic E-state index is 0.0426. The van der Waals surface area contributed by atoms with Gasteiger partial charge in [-0.2, -0.15) is 0 Å². The monoisotopic (exact) mass is 213 g/mol. The molecule has 4 heteroatoms. The lowest BCUT2D eigenvalue weighted by Crippen LogP contribution is -2.20. The van der Waals surface area contributed by atoms with E-state index in [0.717, 1.165) is 6.07 Å². The maximum absolute atomic E-state index is 12.7. The number of halogens is 1. The highest BCUT2D eigenvalue weighted by Crippen LogP contribution is 2.24. The van der Waals surface area contributed by atoms with Gasteiger partial charge in [0.25, 0.3) is 0 Å². The average Bonchev–Trinajstić information content (AvgIpc) is 2.17. The zero-order chi connectivity index (χ0) is 11.3. The molecule has 0 saturated heterocycles. The molecule has 1 aromatic rings. The quantitative estimate of drug-likeness (QED) is 0.651. The highest BCUT2D eigenvalue weighted by Gasteiger charge is 2.09. The summed E-state index contributed by atoms with van der Waals surface area (Å²) in [6.07, 6.45) is 0.659. The zero-order valence-corrected chi connectivity index (χ0v) is 8.70. The molecule has 1 aromatic carbocycles.